The van der Waals surface area contributed by atoms with Crippen molar-refractivity contribution >= 4 is 23.5 Å². The molecule has 2 aliphatic rings. The van der Waals surface area contributed by atoms with Crippen LogP contribution in [0.25, 0.3) is 0 Å². The molecule has 0 bridgehead atoms. The molecule has 1 unspecified atom stereocenters. The molecule has 1 heterocycles. The van der Waals surface area contributed by atoms with Gasteiger partial charge >= 0.3 is 0 Å². The SMILES string of the molecule is CSC1(C2NCCS2)CC1. The van der Waals surface area contributed by atoms with Crippen LogP contribution in [0.2, 0.25) is 0 Å². The van der Waals surface area contributed by atoms with Crippen LogP contribution in [0.3, 0.4) is 0 Å². The van der Waals surface area contributed by atoms with Gasteiger partial charge in [-0.3, -0.25) is 0 Å². The van der Waals surface area contributed by atoms with E-state index in [-0.39, 0.29) is 0 Å². The average molecular weight is 175 g/mol. The van der Waals surface area contributed by atoms with Crippen LogP contribution >= 0.6 is 23.5 Å². The van der Waals surface area contributed by atoms with Crippen LogP contribution in [-0.2, 0) is 0 Å². The van der Waals surface area contributed by atoms with E-state index in [1.54, 1.807) is 0 Å². The van der Waals surface area contributed by atoms with Gasteiger partial charge < -0.3 is 5.32 Å². The van der Waals surface area contributed by atoms with Crippen LogP contribution in [0.5, 0.6) is 0 Å². The Kier molecular flexibility index (Phi) is 1.91. The standard InChI is InChI=1S/C7H13NS2/c1-9-7(2-3-7)6-8-4-5-10-6/h6,8H,2-5H2,1H3. The van der Waals surface area contributed by atoms with Gasteiger partial charge in [0, 0.05) is 17.0 Å². The number of hydrogen-bond acceptors (Lipinski definition) is 3. The summed E-state index contributed by atoms with van der Waals surface area (Å²) in [5.74, 6) is 1.31. The predicted molar refractivity (Wildman–Crippen MR) is 49.7 cm³/mol. The van der Waals surface area contributed by atoms with Crippen LogP contribution in [0, 0.1) is 0 Å². The zero-order chi connectivity index (χ0) is 7.03. The van der Waals surface area contributed by atoms with Crippen molar-refractivity contribution in [2.45, 2.75) is 23.0 Å². The first-order chi connectivity index (χ1) is 4.87. The largest absolute Gasteiger partial charge is 0.303 e. The van der Waals surface area contributed by atoms with Crippen LogP contribution in [0.4, 0.5) is 0 Å². The first kappa shape index (κ1) is 7.32. The first-order valence-electron chi connectivity index (χ1n) is 3.77. The van der Waals surface area contributed by atoms with Gasteiger partial charge in [0.2, 0.25) is 0 Å². The molecule has 0 spiro atoms. The molecule has 58 valence electrons. The van der Waals surface area contributed by atoms with Crippen molar-refractivity contribution in [1.29, 1.82) is 0 Å². The van der Waals surface area contributed by atoms with Gasteiger partial charge in [0.05, 0.1) is 5.37 Å². The minimum Gasteiger partial charge on any atom is -0.303 e. The van der Waals surface area contributed by atoms with Crippen LogP contribution in [0.15, 0.2) is 0 Å². The molecule has 1 atom stereocenters. The highest BCUT2D eigenvalue weighted by Gasteiger charge is 2.50. The van der Waals surface area contributed by atoms with Crippen molar-refractivity contribution in [1.82, 2.24) is 5.32 Å². The summed E-state index contributed by atoms with van der Waals surface area (Å²) in [5, 5.41) is 4.32. The third-order valence-electron chi connectivity index (χ3n) is 2.34. The Labute approximate surface area is 70.7 Å². The maximum Gasteiger partial charge on any atom is 0.0681 e. The van der Waals surface area contributed by atoms with E-state index in [1.807, 2.05) is 0 Å². The summed E-state index contributed by atoms with van der Waals surface area (Å²) in [7, 11) is 0. The van der Waals surface area contributed by atoms with E-state index in [0.717, 1.165) is 5.37 Å². The molecule has 0 aromatic rings. The zero-order valence-corrected chi connectivity index (χ0v) is 7.86. The van der Waals surface area contributed by atoms with Crippen molar-refractivity contribution in [2.75, 3.05) is 18.6 Å². The molecule has 1 N–H and O–H groups in total. The average Bonchev–Trinajstić information content (AvgIpc) is 2.58. The van der Waals surface area contributed by atoms with E-state index in [4.69, 9.17) is 0 Å². The fourth-order valence-electron chi connectivity index (χ4n) is 1.46. The summed E-state index contributed by atoms with van der Waals surface area (Å²) in [5.41, 5.74) is 0. The molecule has 0 amide bonds. The summed E-state index contributed by atoms with van der Waals surface area (Å²) < 4.78 is 0.640. The van der Waals surface area contributed by atoms with Crippen LogP contribution < -0.4 is 5.32 Å². The minimum atomic E-state index is 0.640. The molecule has 2 fully saturated rings. The van der Waals surface area contributed by atoms with Gasteiger partial charge in [0.1, 0.15) is 0 Å². The van der Waals surface area contributed by atoms with Gasteiger partial charge in [-0.05, 0) is 19.1 Å². The summed E-state index contributed by atoms with van der Waals surface area (Å²) in [6.45, 7) is 1.22. The fourth-order valence-corrected chi connectivity index (χ4v) is 4.01. The molecular weight excluding hydrogens is 162 g/mol. The summed E-state index contributed by atoms with van der Waals surface area (Å²) in [6, 6.07) is 0. The predicted octanol–water partition coefficient (Wildman–Crippen LogP) is 1.54. The Morgan fingerprint density at radius 1 is 1.60 bits per heavy atom. The van der Waals surface area contributed by atoms with Gasteiger partial charge in [-0.15, -0.1) is 11.8 Å². The molecule has 1 saturated carbocycles. The maximum absolute atomic E-state index is 3.55. The van der Waals surface area contributed by atoms with Gasteiger partial charge in [-0.2, -0.15) is 11.8 Å². The molecule has 0 radical (unpaired) electrons. The Morgan fingerprint density at radius 2 is 2.40 bits per heavy atom. The Balaban J connectivity index is 1.96. The van der Waals surface area contributed by atoms with Crippen LogP contribution in [0.1, 0.15) is 12.8 Å². The van der Waals surface area contributed by atoms with Gasteiger partial charge in [-0.1, -0.05) is 0 Å². The van der Waals surface area contributed by atoms with Gasteiger partial charge in [0.25, 0.3) is 0 Å². The minimum absolute atomic E-state index is 0.640. The number of hydrogen-bond donors (Lipinski definition) is 1. The molecule has 0 aromatic heterocycles. The number of rotatable bonds is 2. The Hall–Kier alpha value is 0.660. The van der Waals surface area contributed by atoms with E-state index in [2.05, 4.69) is 35.1 Å². The van der Waals surface area contributed by atoms with E-state index < -0.39 is 0 Å². The van der Waals surface area contributed by atoms with Crippen molar-refractivity contribution in [2.24, 2.45) is 0 Å². The lowest BCUT2D eigenvalue weighted by atomic mass is 10.4. The number of nitrogens with one attached hydrogen (secondary N) is 1. The van der Waals surface area contributed by atoms with Crippen molar-refractivity contribution in [3.8, 4) is 0 Å². The van der Waals surface area contributed by atoms with Crippen LogP contribution in [-0.4, -0.2) is 28.7 Å². The second-order valence-electron chi connectivity index (χ2n) is 2.97. The van der Waals surface area contributed by atoms with Gasteiger partial charge in [0.15, 0.2) is 0 Å². The topological polar surface area (TPSA) is 12.0 Å². The lowest BCUT2D eigenvalue weighted by Crippen LogP contribution is -2.31. The van der Waals surface area contributed by atoms with E-state index in [0.29, 0.717) is 4.75 Å². The second-order valence-corrected chi connectivity index (χ2v) is 5.41. The second kappa shape index (κ2) is 2.61. The summed E-state index contributed by atoms with van der Waals surface area (Å²) in [4.78, 5) is 0. The molecule has 0 aromatic carbocycles. The summed E-state index contributed by atoms with van der Waals surface area (Å²) >= 11 is 4.16. The molecule has 10 heavy (non-hydrogen) atoms. The van der Waals surface area contributed by atoms with Crippen molar-refractivity contribution < 1.29 is 0 Å². The Morgan fingerprint density at radius 3 is 2.80 bits per heavy atom. The van der Waals surface area contributed by atoms with Crippen molar-refractivity contribution in [3.05, 3.63) is 0 Å². The normalized spacial score (nSPS) is 36.3. The highest BCUT2D eigenvalue weighted by molar-refractivity contribution is 8.04. The maximum atomic E-state index is 3.55. The quantitative estimate of drug-likeness (QED) is 0.684. The first-order valence-corrected chi connectivity index (χ1v) is 6.05. The zero-order valence-electron chi connectivity index (χ0n) is 6.22. The number of thioether (sulfide) groups is 2. The summed E-state index contributed by atoms with van der Waals surface area (Å²) in [6.07, 6.45) is 5.10. The Bertz CT molecular complexity index is 128. The highest BCUT2D eigenvalue weighted by atomic mass is 32.2. The van der Waals surface area contributed by atoms with E-state index in [9.17, 15) is 0 Å². The molecular formula is C7H13NS2. The molecule has 1 aliphatic carbocycles. The van der Waals surface area contributed by atoms with E-state index in [1.165, 1.54) is 25.1 Å². The molecule has 1 aliphatic heterocycles. The third-order valence-corrected chi connectivity index (χ3v) is 5.34. The highest BCUT2D eigenvalue weighted by Crippen LogP contribution is 2.53. The monoisotopic (exact) mass is 175 g/mol. The molecule has 1 saturated heterocycles. The lowest BCUT2D eigenvalue weighted by Gasteiger charge is -2.19. The molecule has 3 heteroatoms. The van der Waals surface area contributed by atoms with Gasteiger partial charge in [-0.25, -0.2) is 0 Å². The lowest BCUT2D eigenvalue weighted by molar-refractivity contribution is 0.676. The molecule has 1 nitrogen and oxygen atoms in total. The van der Waals surface area contributed by atoms with Crippen molar-refractivity contribution in [3.63, 3.8) is 0 Å². The molecule has 2 rings (SSSR count). The smallest absolute Gasteiger partial charge is 0.0681 e. The fraction of sp³-hybridized carbons (Fsp3) is 1.00. The third kappa shape index (κ3) is 1.08. The van der Waals surface area contributed by atoms with E-state index >= 15 is 0 Å².